The van der Waals surface area contributed by atoms with E-state index in [1.807, 2.05) is 30.3 Å². The number of halogens is 1. The highest BCUT2D eigenvalue weighted by atomic mass is 19.1. The standard InChI is InChI=1S/C22H19FN2O/c1-2-25-20-9-4-3-8-18(20)19-14-17(10-11-21(19)25)24-22(26)13-15-6-5-7-16(23)12-15/h3-12,14H,2,13H2,1H3,(H,24,26). The Hall–Kier alpha value is -3.14. The van der Waals surface area contributed by atoms with E-state index in [9.17, 15) is 9.18 Å². The van der Waals surface area contributed by atoms with Crippen molar-refractivity contribution in [1.82, 2.24) is 4.57 Å². The van der Waals surface area contributed by atoms with Gasteiger partial charge in [0.1, 0.15) is 5.82 Å². The lowest BCUT2D eigenvalue weighted by Gasteiger charge is -2.07. The van der Waals surface area contributed by atoms with Crippen LogP contribution in [-0.4, -0.2) is 10.5 Å². The lowest BCUT2D eigenvalue weighted by atomic mass is 10.1. The van der Waals surface area contributed by atoms with Crippen LogP contribution < -0.4 is 5.32 Å². The molecule has 0 fully saturated rings. The predicted octanol–water partition coefficient (Wildman–Crippen LogP) is 5.13. The fourth-order valence-electron chi connectivity index (χ4n) is 3.51. The van der Waals surface area contributed by atoms with E-state index in [0.717, 1.165) is 23.1 Å². The van der Waals surface area contributed by atoms with Gasteiger partial charge in [-0.25, -0.2) is 4.39 Å². The first-order chi connectivity index (χ1) is 12.7. The van der Waals surface area contributed by atoms with E-state index >= 15 is 0 Å². The number of hydrogen-bond acceptors (Lipinski definition) is 1. The summed E-state index contributed by atoms with van der Waals surface area (Å²) in [5, 5.41) is 5.21. The van der Waals surface area contributed by atoms with Gasteiger partial charge in [-0.05, 0) is 48.9 Å². The van der Waals surface area contributed by atoms with Crippen molar-refractivity contribution >= 4 is 33.4 Å². The molecule has 0 aliphatic rings. The van der Waals surface area contributed by atoms with Crippen LogP contribution in [0.4, 0.5) is 10.1 Å². The average Bonchev–Trinajstić information content (AvgIpc) is 2.95. The quantitative estimate of drug-likeness (QED) is 0.546. The fraction of sp³-hybridized carbons (Fsp3) is 0.136. The van der Waals surface area contributed by atoms with Gasteiger partial charge in [-0.3, -0.25) is 4.79 Å². The Bertz CT molecular complexity index is 1110. The van der Waals surface area contributed by atoms with Crippen LogP contribution in [0.25, 0.3) is 21.8 Å². The van der Waals surface area contributed by atoms with Crippen molar-refractivity contribution < 1.29 is 9.18 Å². The van der Waals surface area contributed by atoms with E-state index in [2.05, 4.69) is 28.9 Å². The van der Waals surface area contributed by atoms with Gasteiger partial charge in [-0.1, -0.05) is 30.3 Å². The highest BCUT2D eigenvalue weighted by Crippen LogP contribution is 2.31. The van der Waals surface area contributed by atoms with Gasteiger partial charge >= 0.3 is 0 Å². The molecule has 4 aromatic rings. The van der Waals surface area contributed by atoms with E-state index in [0.29, 0.717) is 5.56 Å². The second-order valence-corrected chi connectivity index (χ2v) is 6.35. The summed E-state index contributed by atoms with van der Waals surface area (Å²) in [6, 6.07) is 20.4. The molecule has 1 N–H and O–H groups in total. The van der Waals surface area contributed by atoms with E-state index in [-0.39, 0.29) is 18.1 Å². The molecule has 0 saturated carbocycles. The Morgan fingerprint density at radius 2 is 1.77 bits per heavy atom. The SMILES string of the molecule is CCn1c2ccccc2c2cc(NC(=O)Cc3cccc(F)c3)ccc21. The van der Waals surface area contributed by atoms with Crippen LogP contribution in [-0.2, 0) is 17.8 Å². The number of benzene rings is 3. The zero-order chi connectivity index (χ0) is 18.1. The van der Waals surface area contributed by atoms with E-state index in [4.69, 9.17) is 0 Å². The summed E-state index contributed by atoms with van der Waals surface area (Å²) in [5.41, 5.74) is 3.74. The van der Waals surface area contributed by atoms with Crippen molar-refractivity contribution in [3.63, 3.8) is 0 Å². The second kappa shape index (κ2) is 6.64. The van der Waals surface area contributed by atoms with Gasteiger partial charge in [-0.2, -0.15) is 0 Å². The maximum absolute atomic E-state index is 13.3. The number of anilines is 1. The third kappa shape index (κ3) is 2.94. The molecule has 3 nitrogen and oxygen atoms in total. The van der Waals surface area contributed by atoms with Crippen molar-refractivity contribution in [2.45, 2.75) is 19.9 Å². The number of amides is 1. The number of hydrogen-bond donors (Lipinski definition) is 1. The molecule has 1 heterocycles. The Kier molecular flexibility index (Phi) is 4.17. The first-order valence-corrected chi connectivity index (χ1v) is 8.71. The minimum atomic E-state index is -0.330. The Morgan fingerprint density at radius 3 is 2.58 bits per heavy atom. The number of para-hydroxylation sites is 1. The molecule has 3 aromatic carbocycles. The molecule has 0 spiro atoms. The second-order valence-electron chi connectivity index (χ2n) is 6.35. The first kappa shape index (κ1) is 16.3. The summed E-state index contributed by atoms with van der Waals surface area (Å²) in [6.45, 7) is 3.01. The molecule has 0 saturated heterocycles. The number of aromatic nitrogens is 1. The molecular weight excluding hydrogens is 327 g/mol. The van der Waals surface area contributed by atoms with Gasteiger partial charge in [0.2, 0.25) is 5.91 Å². The Morgan fingerprint density at radius 1 is 0.962 bits per heavy atom. The molecule has 130 valence electrons. The van der Waals surface area contributed by atoms with Crippen molar-refractivity contribution in [1.29, 1.82) is 0 Å². The van der Waals surface area contributed by atoms with Crippen molar-refractivity contribution in [2.75, 3.05) is 5.32 Å². The van der Waals surface area contributed by atoms with E-state index in [1.165, 1.54) is 23.0 Å². The zero-order valence-corrected chi connectivity index (χ0v) is 14.5. The van der Waals surface area contributed by atoms with Crippen molar-refractivity contribution in [3.05, 3.63) is 78.1 Å². The Labute approximate surface area is 151 Å². The molecule has 0 atom stereocenters. The van der Waals surface area contributed by atoms with Crippen LogP contribution in [0.5, 0.6) is 0 Å². The molecule has 4 heteroatoms. The molecule has 26 heavy (non-hydrogen) atoms. The molecule has 0 aliphatic heterocycles. The van der Waals surface area contributed by atoms with Crippen LogP contribution >= 0.6 is 0 Å². The van der Waals surface area contributed by atoms with E-state index < -0.39 is 0 Å². The third-order valence-corrected chi connectivity index (χ3v) is 4.63. The minimum Gasteiger partial charge on any atom is -0.341 e. The van der Waals surface area contributed by atoms with Crippen LogP contribution in [0.2, 0.25) is 0 Å². The minimum absolute atomic E-state index is 0.145. The number of carbonyl (C=O) groups excluding carboxylic acids is 1. The van der Waals surface area contributed by atoms with Gasteiger partial charge in [0.25, 0.3) is 0 Å². The Balaban J connectivity index is 1.65. The summed E-state index contributed by atoms with van der Waals surface area (Å²) >= 11 is 0. The molecule has 0 bridgehead atoms. The number of nitrogens with zero attached hydrogens (tertiary/aromatic N) is 1. The highest BCUT2D eigenvalue weighted by Gasteiger charge is 2.11. The summed E-state index contributed by atoms with van der Waals surface area (Å²) < 4.78 is 15.5. The van der Waals surface area contributed by atoms with Gasteiger partial charge in [0, 0.05) is 34.0 Å². The molecule has 1 aromatic heterocycles. The van der Waals surface area contributed by atoms with Gasteiger partial charge in [-0.15, -0.1) is 0 Å². The average molecular weight is 346 g/mol. The fourth-order valence-corrected chi connectivity index (χ4v) is 3.51. The first-order valence-electron chi connectivity index (χ1n) is 8.71. The van der Waals surface area contributed by atoms with Crippen molar-refractivity contribution in [3.8, 4) is 0 Å². The van der Waals surface area contributed by atoms with Crippen LogP contribution in [0, 0.1) is 5.82 Å². The summed E-state index contributed by atoms with van der Waals surface area (Å²) in [6.07, 6.45) is 0.145. The lowest BCUT2D eigenvalue weighted by Crippen LogP contribution is -2.14. The monoisotopic (exact) mass is 346 g/mol. The third-order valence-electron chi connectivity index (χ3n) is 4.63. The van der Waals surface area contributed by atoms with Crippen LogP contribution in [0.3, 0.4) is 0 Å². The summed E-state index contributed by atoms with van der Waals surface area (Å²) in [4.78, 5) is 12.3. The smallest absolute Gasteiger partial charge is 0.228 e. The number of aryl methyl sites for hydroxylation is 1. The summed E-state index contributed by atoms with van der Waals surface area (Å²) in [7, 11) is 0. The number of rotatable bonds is 4. The molecule has 0 radical (unpaired) electrons. The van der Waals surface area contributed by atoms with Gasteiger partial charge < -0.3 is 9.88 Å². The lowest BCUT2D eigenvalue weighted by molar-refractivity contribution is -0.115. The molecule has 0 unspecified atom stereocenters. The van der Waals surface area contributed by atoms with Gasteiger partial charge in [0.05, 0.1) is 6.42 Å². The number of nitrogens with one attached hydrogen (secondary N) is 1. The molecule has 0 aliphatic carbocycles. The molecule has 1 amide bonds. The van der Waals surface area contributed by atoms with Crippen molar-refractivity contribution in [2.24, 2.45) is 0 Å². The summed E-state index contributed by atoms with van der Waals surface area (Å²) in [5.74, 6) is -0.488. The maximum atomic E-state index is 13.3. The topological polar surface area (TPSA) is 34.0 Å². The zero-order valence-electron chi connectivity index (χ0n) is 14.5. The van der Waals surface area contributed by atoms with E-state index in [1.54, 1.807) is 12.1 Å². The molecular formula is C22H19FN2O. The largest absolute Gasteiger partial charge is 0.341 e. The molecule has 4 rings (SSSR count). The number of carbonyl (C=O) groups is 1. The van der Waals surface area contributed by atoms with Crippen LogP contribution in [0.1, 0.15) is 12.5 Å². The predicted molar refractivity (Wildman–Crippen MR) is 104 cm³/mol. The number of fused-ring (bicyclic) bond motifs is 3. The van der Waals surface area contributed by atoms with Gasteiger partial charge in [0.15, 0.2) is 0 Å². The maximum Gasteiger partial charge on any atom is 0.228 e. The normalized spacial score (nSPS) is 11.2. The highest BCUT2D eigenvalue weighted by molar-refractivity contribution is 6.09. The van der Waals surface area contributed by atoms with Crippen LogP contribution in [0.15, 0.2) is 66.7 Å².